The van der Waals surface area contributed by atoms with Crippen LogP contribution < -0.4 is 10.1 Å². The van der Waals surface area contributed by atoms with Crippen LogP contribution in [0.2, 0.25) is 0 Å². The van der Waals surface area contributed by atoms with Crippen molar-refractivity contribution in [3.63, 3.8) is 0 Å². The van der Waals surface area contributed by atoms with Gasteiger partial charge in [-0.3, -0.25) is 0 Å². The highest BCUT2D eigenvalue weighted by atomic mass is 16.5. The van der Waals surface area contributed by atoms with Crippen LogP contribution in [-0.4, -0.2) is 37.5 Å². The van der Waals surface area contributed by atoms with Crippen LogP contribution in [0.3, 0.4) is 0 Å². The van der Waals surface area contributed by atoms with Gasteiger partial charge in [-0.1, -0.05) is 12.1 Å². The minimum absolute atomic E-state index is 0.204. The molecular weight excluding hydrogens is 230 g/mol. The standard InChI is InChI=1S/C14H21NO3/c1-10-8-18-9-12(15-10)7-14(16)11-4-3-5-13(6-11)17-2/h3-6,10,12,14-16H,7-9H2,1-2H3. The molecule has 0 radical (unpaired) electrons. The van der Waals surface area contributed by atoms with Gasteiger partial charge < -0.3 is 19.9 Å². The van der Waals surface area contributed by atoms with E-state index in [4.69, 9.17) is 9.47 Å². The van der Waals surface area contributed by atoms with E-state index in [0.717, 1.165) is 17.9 Å². The van der Waals surface area contributed by atoms with Gasteiger partial charge in [-0.15, -0.1) is 0 Å². The molecule has 0 saturated carbocycles. The third kappa shape index (κ3) is 3.45. The Hall–Kier alpha value is -1.10. The molecule has 1 saturated heterocycles. The highest BCUT2D eigenvalue weighted by molar-refractivity contribution is 5.29. The molecule has 18 heavy (non-hydrogen) atoms. The second kappa shape index (κ2) is 6.18. The van der Waals surface area contributed by atoms with Gasteiger partial charge in [-0.05, 0) is 31.0 Å². The lowest BCUT2D eigenvalue weighted by molar-refractivity contribution is 0.0304. The molecule has 3 unspecified atom stereocenters. The maximum Gasteiger partial charge on any atom is 0.119 e. The summed E-state index contributed by atoms with van der Waals surface area (Å²) in [6, 6.07) is 8.11. The molecule has 4 heteroatoms. The second-order valence-corrected chi connectivity index (χ2v) is 4.83. The summed E-state index contributed by atoms with van der Waals surface area (Å²) in [4.78, 5) is 0. The van der Waals surface area contributed by atoms with Gasteiger partial charge in [0.25, 0.3) is 0 Å². The monoisotopic (exact) mass is 251 g/mol. The number of methoxy groups -OCH3 is 1. The number of rotatable bonds is 4. The Kier molecular flexibility index (Phi) is 4.58. The molecule has 0 bridgehead atoms. The Morgan fingerprint density at radius 3 is 3.06 bits per heavy atom. The predicted octanol–water partition coefficient (Wildman–Crippen LogP) is 1.50. The molecule has 1 heterocycles. The van der Waals surface area contributed by atoms with Crippen LogP contribution >= 0.6 is 0 Å². The van der Waals surface area contributed by atoms with Gasteiger partial charge >= 0.3 is 0 Å². The second-order valence-electron chi connectivity index (χ2n) is 4.83. The fourth-order valence-corrected chi connectivity index (χ4v) is 2.28. The molecule has 2 rings (SSSR count). The molecule has 0 aliphatic carbocycles. The first-order valence-corrected chi connectivity index (χ1v) is 6.35. The van der Waals surface area contributed by atoms with Crippen LogP contribution in [0, 0.1) is 0 Å². The molecule has 100 valence electrons. The van der Waals surface area contributed by atoms with E-state index < -0.39 is 6.10 Å². The average Bonchev–Trinajstić information content (AvgIpc) is 2.39. The summed E-state index contributed by atoms with van der Waals surface area (Å²) in [5.74, 6) is 0.771. The van der Waals surface area contributed by atoms with E-state index in [-0.39, 0.29) is 6.04 Å². The Bertz CT molecular complexity index is 383. The highest BCUT2D eigenvalue weighted by Gasteiger charge is 2.22. The summed E-state index contributed by atoms with van der Waals surface area (Å²) >= 11 is 0. The topological polar surface area (TPSA) is 50.7 Å². The first-order valence-electron chi connectivity index (χ1n) is 6.35. The minimum Gasteiger partial charge on any atom is -0.497 e. The van der Waals surface area contributed by atoms with Gasteiger partial charge in [0.05, 0.1) is 26.4 Å². The summed E-state index contributed by atoms with van der Waals surface area (Å²) in [5, 5.41) is 13.7. The van der Waals surface area contributed by atoms with E-state index in [0.29, 0.717) is 19.1 Å². The normalized spacial score (nSPS) is 25.7. The van der Waals surface area contributed by atoms with E-state index >= 15 is 0 Å². The fourth-order valence-electron chi connectivity index (χ4n) is 2.28. The molecular formula is C14H21NO3. The van der Waals surface area contributed by atoms with E-state index in [1.165, 1.54) is 0 Å². The van der Waals surface area contributed by atoms with Crippen LogP contribution in [0.5, 0.6) is 5.75 Å². The van der Waals surface area contributed by atoms with Crippen molar-refractivity contribution in [1.82, 2.24) is 5.32 Å². The predicted molar refractivity (Wildman–Crippen MR) is 69.8 cm³/mol. The smallest absolute Gasteiger partial charge is 0.119 e. The summed E-state index contributed by atoms with van der Waals surface area (Å²) in [7, 11) is 1.63. The first-order chi connectivity index (χ1) is 8.69. The van der Waals surface area contributed by atoms with Gasteiger partial charge in [0.2, 0.25) is 0 Å². The number of nitrogens with one attached hydrogen (secondary N) is 1. The zero-order valence-electron chi connectivity index (χ0n) is 10.9. The van der Waals surface area contributed by atoms with Gasteiger partial charge in [-0.25, -0.2) is 0 Å². The van der Waals surface area contributed by atoms with Crippen molar-refractivity contribution in [2.75, 3.05) is 20.3 Å². The number of ether oxygens (including phenoxy) is 2. The van der Waals surface area contributed by atoms with E-state index in [2.05, 4.69) is 12.2 Å². The Balaban J connectivity index is 1.95. The number of benzene rings is 1. The van der Waals surface area contributed by atoms with Gasteiger partial charge in [0.1, 0.15) is 5.75 Å². The van der Waals surface area contributed by atoms with Crippen LogP contribution in [0.25, 0.3) is 0 Å². The highest BCUT2D eigenvalue weighted by Crippen LogP contribution is 2.23. The average molecular weight is 251 g/mol. The van der Waals surface area contributed by atoms with Gasteiger partial charge in [0.15, 0.2) is 0 Å². The maximum atomic E-state index is 10.2. The van der Waals surface area contributed by atoms with Crippen molar-refractivity contribution < 1.29 is 14.6 Å². The molecule has 1 aliphatic heterocycles. The Morgan fingerprint density at radius 1 is 1.50 bits per heavy atom. The Labute approximate surface area is 108 Å². The molecule has 1 aliphatic rings. The number of aliphatic hydroxyl groups is 1. The molecule has 0 amide bonds. The van der Waals surface area contributed by atoms with E-state index in [1.54, 1.807) is 7.11 Å². The van der Waals surface area contributed by atoms with Crippen molar-refractivity contribution in [2.24, 2.45) is 0 Å². The number of hydrogen-bond donors (Lipinski definition) is 2. The van der Waals surface area contributed by atoms with Crippen molar-refractivity contribution in [1.29, 1.82) is 0 Å². The third-order valence-corrected chi connectivity index (χ3v) is 3.19. The van der Waals surface area contributed by atoms with Crippen LogP contribution in [-0.2, 0) is 4.74 Å². The van der Waals surface area contributed by atoms with Crippen molar-refractivity contribution >= 4 is 0 Å². The largest absolute Gasteiger partial charge is 0.497 e. The van der Waals surface area contributed by atoms with Crippen LogP contribution in [0.4, 0.5) is 0 Å². The number of aliphatic hydroxyl groups excluding tert-OH is 1. The summed E-state index contributed by atoms with van der Waals surface area (Å²) in [6.07, 6.45) is 0.156. The first kappa shape index (κ1) is 13.3. The molecule has 2 N–H and O–H groups in total. The van der Waals surface area contributed by atoms with Crippen molar-refractivity contribution in [3.05, 3.63) is 29.8 Å². The number of hydrogen-bond acceptors (Lipinski definition) is 4. The minimum atomic E-state index is -0.494. The van der Waals surface area contributed by atoms with Crippen molar-refractivity contribution in [2.45, 2.75) is 31.5 Å². The molecule has 4 nitrogen and oxygen atoms in total. The summed E-state index contributed by atoms with van der Waals surface area (Å²) in [5.41, 5.74) is 0.884. The maximum absolute atomic E-state index is 10.2. The van der Waals surface area contributed by atoms with Crippen LogP contribution in [0.15, 0.2) is 24.3 Å². The molecule has 0 spiro atoms. The molecule has 1 aromatic carbocycles. The lowest BCUT2D eigenvalue weighted by Crippen LogP contribution is -2.47. The van der Waals surface area contributed by atoms with E-state index in [1.807, 2.05) is 24.3 Å². The van der Waals surface area contributed by atoms with Crippen LogP contribution in [0.1, 0.15) is 25.0 Å². The zero-order valence-corrected chi connectivity index (χ0v) is 10.9. The Morgan fingerprint density at radius 2 is 2.33 bits per heavy atom. The van der Waals surface area contributed by atoms with Gasteiger partial charge in [0, 0.05) is 12.1 Å². The molecule has 0 aromatic heterocycles. The summed E-state index contributed by atoms with van der Waals surface area (Å²) in [6.45, 7) is 3.49. The lowest BCUT2D eigenvalue weighted by atomic mass is 10.0. The van der Waals surface area contributed by atoms with Crippen molar-refractivity contribution in [3.8, 4) is 5.75 Å². The summed E-state index contributed by atoms with van der Waals surface area (Å²) < 4.78 is 10.6. The molecule has 1 fully saturated rings. The fraction of sp³-hybridized carbons (Fsp3) is 0.571. The third-order valence-electron chi connectivity index (χ3n) is 3.19. The lowest BCUT2D eigenvalue weighted by Gasteiger charge is -2.30. The molecule has 3 atom stereocenters. The van der Waals surface area contributed by atoms with Gasteiger partial charge in [-0.2, -0.15) is 0 Å². The quantitative estimate of drug-likeness (QED) is 0.851. The van der Waals surface area contributed by atoms with E-state index in [9.17, 15) is 5.11 Å². The SMILES string of the molecule is COc1cccc(C(O)CC2COCC(C)N2)c1. The number of morpholine rings is 1. The molecule has 1 aromatic rings. The zero-order chi connectivity index (χ0) is 13.0.